The number of ketones is 2. The van der Waals surface area contributed by atoms with E-state index in [1.165, 1.54) is 11.0 Å². The number of rotatable bonds is 6. The maximum absolute atomic E-state index is 13.8. The molecule has 1 aromatic rings. The smallest absolute Gasteiger partial charge is 0.255 e. The molecule has 8 N–H and O–H groups in total. The SMILES string of the molecule is CNCC(O)Cc1ccc(O)c2c1CC1CC3C(N(C)C)C(=O)C(C(N)=O)=C(O)C3(O)C(=O)C1=C2O. The van der Waals surface area contributed by atoms with Crippen LogP contribution in [0.3, 0.4) is 0 Å². The fourth-order valence-corrected chi connectivity index (χ4v) is 6.06. The van der Waals surface area contributed by atoms with Crippen molar-refractivity contribution in [3.63, 3.8) is 0 Å². The van der Waals surface area contributed by atoms with Gasteiger partial charge in [-0.3, -0.25) is 19.3 Å². The summed E-state index contributed by atoms with van der Waals surface area (Å²) in [6.07, 6.45) is -0.313. The van der Waals surface area contributed by atoms with E-state index in [2.05, 4.69) is 5.32 Å². The van der Waals surface area contributed by atoms with Crippen LogP contribution in [0.1, 0.15) is 23.1 Å². The van der Waals surface area contributed by atoms with E-state index in [0.717, 1.165) is 0 Å². The minimum absolute atomic E-state index is 0.0138. The first-order valence-electron chi connectivity index (χ1n) is 11.7. The van der Waals surface area contributed by atoms with E-state index in [4.69, 9.17) is 5.73 Å². The molecule has 1 aromatic carbocycles. The summed E-state index contributed by atoms with van der Waals surface area (Å²) in [6, 6.07) is 1.86. The van der Waals surface area contributed by atoms with Crippen molar-refractivity contribution >= 4 is 23.2 Å². The fourth-order valence-electron chi connectivity index (χ4n) is 6.06. The van der Waals surface area contributed by atoms with Gasteiger partial charge < -0.3 is 36.6 Å². The maximum atomic E-state index is 13.8. The predicted molar refractivity (Wildman–Crippen MR) is 128 cm³/mol. The van der Waals surface area contributed by atoms with Crippen molar-refractivity contribution in [2.75, 3.05) is 27.7 Å². The molecule has 0 heterocycles. The predicted octanol–water partition coefficient (Wildman–Crippen LogP) is -0.913. The van der Waals surface area contributed by atoms with Crippen LogP contribution in [-0.4, -0.2) is 93.3 Å². The molecule has 1 amide bonds. The zero-order chi connectivity index (χ0) is 26.7. The number of likely N-dealkylation sites (N-methyl/N-ethyl adjacent to an activating group) is 2. The molecular weight excluding hydrogens is 470 g/mol. The third-order valence-electron chi connectivity index (χ3n) is 7.60. The van der Waals surface area contributed by atoms with E-state index in [0.29, 0.717) is 17.7 Å². The zero-order valence-electron chi connectivity index (χ0n) is 20.3. The van der Waals surface area contributed by atoms with E-state index < -0.39 is 64.1 Å². The molecule has 3 aliphatic carbocycles. The number of aromatic hydroxyl groups is 1. The van der Waals surface area contributed by atoms with Crippen molar-refractivity contribution in [1.29, 1.82) is 0 Å². The van der Waals surface area contributed by atoms with Crippen LogP contribution in [0.4, 0.5) is 0 Å². The van der Waals surface area contributed by atoms with Gasteiger partial charge in [0.2, 0.25) is 5.78 Å². The lowest BCUT2D eigenvalue weighted by atomic mass is 9.57. The summed E-state index contributed by atoms with van der Waals surface area (Å²) in [5.41, 5.74) is 2.84. The summed E-state index contributed by atoms with van der Waals surface area (Å²) < 4.78 is 0. The molecule has 3 aliphatic rings. The Morgan fingerprint density at radius 1 is 1.25 bits per heavy atom. The van der Waals surface area contributed by atoms with Gasteiger partial charge in [-0.1, -0.05) is 6.07 Å². The second-order valence-electron chi connectivity index (χ2n) is 9.97. The molecule has 1 saturated carbocycles. The third-order valence-corrected chi connectivity index (χ3v) is 7.60. The standard InChI is InChI=1S/C25H31N3O8/c1-27-9-12(29)6-10-4-5-15(30)17-13(10)7-11-8-14-19(28(2)3)21(32)18(24(26)35)23(34)25(14,36)22(33)16(11)20(17)31/h4-5,11-12,14,19,27,29-31,34,36H,6-9H2,1-3H3,(H2,26,35). The molecule has 0 bridgehead atoms. The van der Waals surface area contributed by atoms with E-state index >= 15 is 0 Å². The third kappa shape index (κ3) is 3.62. The minimum atomic E-state index is -2.67. The summed E-state index contributed by atoms with van der Waals surface area (Å²) in [5.74, 6) is -6.87. The van der Waals surface area contributed by atoms with Gasteiger partial charge in [-0.15, -0.1) is 0 Å². The number of benzene rings is 1. The van der Waals surface area contributed by atoms with Gasteiger partial charge in [0.1, 0.15) is 22.8 Å². The molecule has 11 nitrogen and oxygen atoms in total. The molecule has 36 heavy (non-hydrogen) atoms. The highest BCUT2D eigenvalue weighted by atomic mass is 16.3. The van der Waals surface area contributed by atoms with Crippen LogP contribution in [-0.2, 0) is 27.2 Å². The molecular formula is C25H31N3O8. The highest BCUT2D eigenvalue weighted by molar-refractivity contribution is 6.24. The first-order chi connectivity index (χ1) is 16.9. The number of carbonyl (C=O) groups is 3. The van der Waals surface area contributed by atoms with Crippen molar-refractivity contribution in [2.24, 2.45) is 17.6 Å². The summed E-state index contributed by atoms with van der Waals surface area (Å²) in [5, 5.41) is 57.4. The summed E-state index contributed by atoms with van der Waals surface area (Å²) >= 11 is 0. The van der Waals surface area contributed by atoms with Gasteiger partial charge in [-0.25, -0.2) is 0 Å². The van der Waals surface area contributed by atoms with Crippen molar-refractivity contribution in [1.82, 2.24) is 10.2 Å². The zero-order valence-corrected chi connectivity index (χ0v) is 20.3. The minimum Gasteiger partial charge on any atom is -0.508 e. The molecule has 1 fully saturated rings. The number of carbonyl (C=O) groups excluding carboxylic acids is 3. The largest absolute Gasteiger partial charge is 0.508 e. The molecule has 5 unspecified atom stereocenters. The lowest BCUT2D eigenvalue weighted by Gasteiger charge is -2.50. The summed E-state index contributed by atoms with van der Waals surface area (Å²) in [6.45, 7) is 0.320. The number of aliphatic hydroxyl groups is 4. The molecule has 0 saturated heterocycles. The molecule has 0 radical (unpaired) electrons. The number of amides is 1. The van der Waals surface area contributed by atoms with Crippen molar-refractivity contribution in [3.8, 4) is 5.75 Å². The Balaban J connectivity index is 1.91. The van der Waals surface area contributed by atoms with Gasteiger partial charge in [0.25, 0.3) is 5.91 Å². The number of nitrogens with two attached hydrogens (primary N) is 1. The van der Waals surface area contributed by atoms with Gasteiger partial charge in [0.05, 0.1) is 17.7 Å². The van der Waals surface area contributed by atoms with Crippen LogP contribution in [0.25, 0.3) is 5.76 Å². The van der Waals surface area contributed by atoms with Crippen molar-refractivity contribution in [3.05, 3.63) is 45.7 Å². The molecule has 5 atom stereocenters. The topological polar surface area (TPSA) is 194 Å². The van der Waals surface area contributed by atoms with Gasteiger partial charge in [-0.2, -0.15) is 0 Å². The molecule has 4 rings (SSSR count). The number of Topliss-reactive ketones (excluding diaryl/α,β-unsaturated/α-hetero) is 2. The summed E-state index contributed by atoms with van der Waals surface area (Å²) in [7, 11) is 4.80. The van der Waals surface area contributed by atoms with Crippen LogP contribution in [0.2, 0.25) is 0 Å². The Kier molecular flexibility index (Phi) is 6.46. The van der Waals surface area contributed by atoms with Crippen molar-refractivity contribution < 1.29 is 39.9 Å². The average molecular weight is 502 g/mol. The van der Waals surface area contributed by atoms with Gasteiger partial charge in [0.15, 0.2) is 11.4 Å². The van der Waals surface area contributed by atoms with E-state index in [9.17, 15) is 39.9 Å². The van der Waals surface area contributed by atoms with E-state index in [-0.39, 0.29) is 36.1 Å². The molecule has 0 spiro atoms. The number of fused-ring (bicyclic) bond motifs is 3. The average Bonchev–Trinajstić information content (AvgIpc) is 2.78. The first kappa shape index (κ1) is 25.8. The van der Waals surface area contributed by atoms with E-state index in [1.807, 2.05) is 0 Å². The number of nitrogens with zero attached hydrogens (tertiary/aromatic N) is 1. The molecule has 0 aliphatic heterocycles. The van der Waals surface area contributed by atoms with Gasteiger partial charge >= 0.3 is 0 Å². The van der Waals surface area contributed by atoms with Gasteiger partial charge in [0, 0.05) is 18.0 Å². The number of phenols is 1. The second-order valence-corrected chi connectivity index (χ2v) is 9.97. The number of aliphatic hydroxyl groups excluding tert-OH is 3. The highest BCUT2D eigenvalue weighted by Gasteiger charge is 2.64. The number of primary amides is 1. The maximum Gasteiger partial charge on any atom is 0.255 e. The van der Waals surface area contributed by atoms with Crippen LogP contribution >= 0.6 is 0 Å². The van der Waals surface area contributed by atoms with Crippen LogP contribution in [0.5, 0.6) is 5.75 Å². The molecule has 11 heteroatoms. The highest BCUT2D eigenvalue weighted by Crippen LogP contribution is 2.52. The normalized spacial score (nSPS) is 28.7. The van der Waals surface area contributed by atoms with Crippen LogP contribution in [0.15, 0.2) is 29.0 Å². The Bertz CT molecular complexity index is 1220. The van der Waals surface area contributed by atoms with Crippen LogP contribution in [0, 0.1) is 11.8 Å². The van der Waals surface area contributed by atoms with Crippen LogP contribution < -0.4 is 11.1 Å². The Morgan fingerprint density at radius 3 is 2.50 bits per heavy atom. The lowest BCUT2D eigenvalue weighted by Crippen LogP contribution is -2.65. The summed E-state index contributed by atoms with van der Waals surface area (Å²) in [4.78, 5) is 40.4. The first-order valence-corrected chi connectivity index (χ1v) is 11.7. The lowest BCUT2D eigenvalue weighted by molar-refractivity contribution is -0.153. The van der Waals surface area contributed by atoms with Gasteiger partial charge in [-0.05, 0) is 63.5 Å². The van der Waals surface area contributed by atoms with E-state index in [1.54, 1.807) is 27.2 Å². The molecule has 0 aromatic heterocycles. The Morgan fingerprint density at radius 2 is 1.92 bits per heavy atom. The Hall–Kier alpha value is -3.25. The number of nitrogens with one attached hydrogen (secondary N) is 1. The molecule has 194 valence electrons. The van der Waals surface area contributed by atoms with Crippen molar-refractivity contribution in [2.45, 2.75) is 37.0 Å². The fraction of sp³-hybridized carbons (Fsp3) is 0.480. The monoisotopic (exact) mass is 501 g/mol. The number of phenolic OH excluding ortho intramolecular Hbond substituents is 1. The number of hydrogen-bond donors (Lipinski definition) is 7. The second kappa shape index (κ2) is 9.00. The quantitative estimate of drug-likeness (QED) is 0.240. The number of hydrogen-bond acceptors (Lipinski definition) is 10. The Labute approximate surface area is 207 Å².